The second-order valence-electron chi connectivity index (χ2n) is 10.8. The largest absolute Gasteiger partial charge is 0.309 e. The molecular weight excluding hydrogens is 591 g/mol. The van der Waals surface area contributed by atoms with Crippen LogP contribution in [0.5, 0.6) is 0 Å². The maximum absolute atomic E-state index is 4.74. The first-order valence-corrected chi connectivity index (χ1v) is 16.3. The Morgan fingerprint density at radius 3 is 1.56 bits per heavy atom. The molecule has 0 N–H and O–H groups in total. The third kappa shape index (κ3) is 4.44. The van der Waals surface area contributed by atoms with Crippen molar-refractivity contribution in [1.82, 2.24) is 24.5 Å². The SMILES string of the molecule is c1ccc2c(-n3c4cc(-c5ccc(-c6nccs6)nc5)ccc4c4ccc(-c5ccc(-c6nccs6)nc5)cc43)cccc2c1. The van der Waals surface area contributed by atoms with E-state index in [0.29, 0.717) is 0 Å². The van der Waals surface area contributed by atoms with Crippen LogP contribution in [0.2, 0.25) is 0 Å². The first kappa shape index (κ1) is 25.9. The summed E-state index contributed by atoms with van der Waals surface area (Å²) >= 11 is 3.20. The molecule has 0 atom stereocenters. The Balaban J connectivity index is 1.24. The molecule has 7 heteroatoms. The fourth-order valence-electron chi connectivity index (χ4n) is 6.12. The molecule has 0 aliphatic carbocycles. The predicted molar refractivity (Wildman–Crippen MR) is 187 cm³/mol. The number of thiazole rings is 2. The van der Waals surface area contributed by atoms with Crippen molar-refractivity contribution >= 4 is 55.3 Å². The van der Waals surface area contributed by atoms with Crippen molar-refractivity contribution in [1.29, 1.82) is 0 Å². The minimum atomic E-state index is 0.890. The zero-order valence-electron chi connectivity index (χ0n) is 23.8. The summed E-state index contributed by atoms with van der Waals surface area (Å²) in [4.78, 5) is 18.3. The summed E-state index contributed by atoms with van der Waals surface area (Å²) in [5, 5.41) is 10.6. The molecule has 0 spiro atoms. The van der Waals surface area contributed by atoms with Gasteiger partial charge in [0, 0.05) is 62.8 Å². The van der Waals surface area contributed by atoms with Crippen LogP contribution in [0.4, 0.5) is 0 Å². The van der Waals surface area contributed by atoms with Gasteiger partial charge in [-0.2, -0.15) is 0 Å². The van der Waals surface area contributed by atoms with E-state index in [0.717, 1.165) is 60.4 Å². The first-order valence-electron chi connectivity index (χ1n) is 14.6. The van der Waals surface area contributed by atoms with Gasteiger partial charge in [0.05, 0.1) is 28.1 Å². The third-order valence-corrected chi connectivity index (χ3v) is 9.86. The van der Waals surface area contributed by atoms with E-state index in [1.165, 1.54) is 21.5 Å². The highest BCUT2D eigenvalue weighted by Gasteiger charge is 2.17. The molecule has 4 aromatic carbocycles. The molecule has 212 valence electrons. The van der Waals surface area contributed by atoms with Crippen molar-refractivity contribution in [2.24, 2.45) is 0 Å². The van der Waals surface area contributed by atoms with Crippen LogP contribution in [0.3, 0.4) is 0 Å². The Bertz CT molecular complexity index is 2320. The first-order chi connectivity index (χ1) is 22.3. The van der Waals surface area contributed by atoms with Gasteiger partial charge in [-0.25, -0.2) is 9.97 Å². The van der Waals surface area contributed by atoms with Crippen LogP contribution in [0, 0.1) is 0 Å². The van der Waals surface area contributed by atoms with Gasteiger partial charge in [0.2, 0.25) is 0 Å². The van der Waals surface area contributed by atoms with Gasteiger partial charge in [-0.3, -0.25) is 9.97 Å². The van der Waals surface area contributed by atoms with Crippen molar-refractivity contribution in [3.05, 3.63) is 139 Å². The van der Waals surface area contributed by atoms with E-state index in [1.54, 1.807) is 22.7 Å². The Labute approximate surface area is 266 Å². The van der Waals surface area contributed by atoms with Gasteiger partial charge in [0.1, 0.15) is 10.0 Å². The standard InChI is InChI=1S/C38H23N5S2/c1-2-6-29-24(4-1)5-3-7-34(29)43-35-20-25(27-10-14-32(41-22-27)37-39-16-18-44-37)8-12-30(35)31-13-9-26(21-36(31)43)28-11-15-33(42-23-28)38-40-17-19-45-38/h1-23H. The molecule has 0 amide bonds. The van der Waals surface area contributed by atoms with Crippen LogP contribution in [-0.2, 0) is 0 Å². The Kier molecular flexibility index (Phi) is 6.11. The highest BCUT2D eigenvalue weighted by molar-refractivity contribution is 7.13. The Hall–Kier alpha value is -5.50. The molecule has 9 aromatic rings. The summed E-state index contributed by atoms with van der Waals surface area (Å²) in [5.74, 6) is 0. The monoisotopic (exact) mass is 613 g/mol. The summed E-state index contributed by atoms with van der Waals surface area (Å²) in [6.45, 7) is 0. The highest BCUT2D eigenvalue weighted by Crippen LogP contribution is 2.39. The van der Waals surface area contributed by atoms with Crippen LogP contribution >= 0.6 is 22.7 Å². The lowest BCUT2D eigenvalue weighted by molar-refractivity contribution is 1.20. The lowest BCUT2D eigenvalue weighted by Crippen LogP contribution is -1.96. The zero-order chi connectivity index (χ0) is 29.7. The summed E-state index contributed by atoms with van der Waals surface area (Å²) in [6, 6.07) is 37.0. The van der Waals surface area contributed by atoms with E-state index in [2.05, 4.69) is 118 Å². The minimum Gasteiger partial charge on any atom is -0.309 e. The van der Waals surface area contributed by atoms with Crippen molar-refractivity contribution in [3.63, 3.8) is 0 Å². The third-order valence-electron chi connectivity index (χ3n) is 8.27. The fourth-order valence-corrected chi connectivity index (χ4v) is 7.35. The minimum absolute atomic E-state index is 0.890. The van der Waals surface area contributed by atoms with Crippen LogP contribution in [0.1, 0.15) is 0 Å². The van der Waals surface area contributed by atoms with E-state index in [1.807, 2.05) is 35.5 Å². The fraction of sp³-hybridized carbons (Fsp3) is 0. The number of hydrogen-bond donors (Lipinski definition) is 0. The van der Waals surface area contributed by atoms with Gasteiger partial charge in [-0.15, -0.1) is 22.7 Å². The summed E-state index contributed by atoms with van der Waals surface area (Å²) < 4.78 is 2.41. The van der Waals surface area contributed by atoms with E-state index < -0.39 is 0 Å². The van der Waals surface area contributed by atoms with Gasteiger partial charge in [0.15, 0.2) is 0 Å². The molecule has 0 unspecified atom stereocenters. The smallest absolute Gasteiger partial charge is 0.141 e. The van der Waals surface area contributed by atoms with E-state index >= 15 is 0 Å². The number of pyridine rings is 2. The van der Waals surface area contributed by atoms with Gasteiger partial charge >= 0.3 is 0 Å². The molecule has 0 saturated heterocycles. The van der Waals surface area contributed by atoms with Crippen molar-refractivity contribution < 1.29 is 0 Å². The molecule has 5 heterocycles. The van der Waals surface area contributed by atoms with E-state index in [9.17, 15) is 0 Å². The second-order valence-corrected chi connectivity index (χ2v) is 12.6. The van der Waals surface area contributed by atoms with Crippen molar-refractivity contribution in [3.8, 4) is 49.3 Å². The average molecular weight is 614 g/mol. The van der Waals surface area contributed by atoms with Crippen molar-refractivity contribution in [2.75, 3.05) is 0 Å². The molecule has 0 bridgehead atoms. The Morgan fingerprint density at radius 2 is 1.02 bits per heavy atom. The number of fused-ring (bicyclic) bond motifs is 4. The maximum atomic E-state index is 4.74. The lowest BCUT2D eigenvalue weighted by Gasteiger charge is -2.13. The van der Waals surface area contributed by atoms with Crippen molar-refractivity contribution in [2.45, 2.75) is 0 Å². The van der Waals surface area contributed by atoms with Crippen LogP contribution in [0.25, 0.3) is 81.9 Å². The zero-order valence-corrected chi connectivity index (χ0v) is 25.5. The van der Waals surface area contributed by atoms with Gasteiger partial charge < -0.3 is 4.57 Å². The second kappa shape index (κ2) is 10.6. The van der Waals surface area contributed by atoms with Crippen LogP contribution in [0.15, 0.2) is 139 Å². The van der Waals surface area contributed by atoms with Crippen LogP contribution < -0.4 is 0 Å². The van der Waals surface area contributed by atoms with Gasteiger partial charge in [-0.1, -0.05) is 72.8 Å². The van der Waals surface area contributed by atoms with E-state index in [4.69, 9.17) is 9.97 Å². The molecule has 0 radical (unpaired) electrons. The molecule has 0 fully saturated rings. The summed E-state index contributed by atoms with van der Waals surface area (Å²) in [5.41, 5.74) is 9.60. The number of benzene rings is 4. The molecule has 0 aliphatic rings. The summed E-state index contributed by atoms with van der Waals surface area (Å²) in [7, 11) is 0. The number of nitrogens with zero attached hydrogens (tertiary/aromatic N) is 5. The maximum Gasteiger partial charge on any atom is 0.141 e. The molecule has 9 rings (SSSR count). The lowest BCUT2D eigenvalue weighted by atomic mass is 10.0. The predicted octanol–water partition coefficient (Wildman–Crippen LogP) is 10.3. The molecular formula is C38H23N5S2. The normalized spacial score (nSPS) is 11.6. The van der Waals surface area contributed by atoms with Crippen LogP contribution in [-0.4, -0.2) is 24.5 Å². The average Bonchev–Trinajstić information content (AvgIpc) is 3.89. The molecule has 45 heavy (non-hydrogen) atoms. The summed E-state index contributed by atoms with van der Waals surface area (Å²) in [6.07, 6.45) is 7.52. The number of aromatic nitrogens is 5. The molecule has 0 aliphatic heterocycles. The van der Waals surface area contributed by atoms with Gasteiger partial charge in [-0.05, 0) is 46.8 Å². The van der Waals surface area contributed by atoms with E-state index in [-0.39, 0.29) is 0 Å². The molecule has 5 nitrogen and oxygen atoms in total. The quantitative estimate of drug-likeness (QED) is 0.194. The number of rotatable bonds is 5. The number of hydrogen-bond acceptors (Lipinski definition) is 6. The van der Waals surface area contributed by atoms with Gasteiger partial charge in [0.25, 0.3) is 0 Å². The highest BCUT2D eigenvalue weighted by atomic mass is 32.1. The molecule has 5 aromatic heterocycles. The topological polar surface area (TPSA) is 56.5 Å². The Morgan fingerprint density at radius 1 is 0.467 bits per heavy atom. The molecule has 0 saturated carbocycles.